The van der Waals surface area contributed by atoms with Crippen LogP contribution in [0.1, 0.15) is 19.4 Å². The number of benzene rings is 1. The lowest BCUT2D eigenvalue weighted by Crippen LogP contribution is -2.22. The zero-order chi connectivity index (χ0) is 15.9. The summed E-state index contributed by atoms with van der Waals surface area (Å²) >= 11 is 0. The van der Waals surface area contributed by atoms with E-state index in [1.807, 2.05) is 19.9 Å². The van der Waals surface area contributed by atoms with E-state index >= 15 is 0 Å². The molecule has 120 valence electrons. The van der Waals surface area contributed by atoms with Crippen LogP contribution in [0.2, 0.25) is 0 Å². The van der Waals surface area contributed by atoms with E-state index in [1.54, 1.807) is 12.1 Å². The first-order valence-corrected chi connectivity index (χ1v) is 6.55. The molecule has 1 aromatic rings. The van der Waals surface area contributed by atoms with Crippen LogP contribution >= 0.6 is 0 Å². The van der Waals surface area contributed by atoms with Crippen LogP contribution in [0.5, 0.6) is 11.5 Å². The lowest BCUT2D eigenvalue weighted by atomic mass is 10.2. The Balaban J connectivity index is 2.63. The second-order valence-corrected chi connectivity index (χ2v) is 4.65. The average Bonchev–Trinajstić information content (AvgIpc) is 2.40. The predicted molar refractivity (Wildman–Crippen MR) is 72.5 cm³/mol. The van der Waals surface area contributed by atoms with Crippen LogP contribution < -0.4 is 14.8 Å². The molecule has 1 aromatic carbocycles. The summed E-state index contributed by atoms with van der Waals surface area (Å²) < 4.78 is 49.8. The van der Waals surface area contributed by atoms with Gasteiger partial charge in [0.05, 0.1) is 13.7 Å². The summed E-state index contributed by atoms with van der Waals surface area (Å²) in [4.78, 5) is 0. The largest absolute Gasteiger partial charge is 0.522 e. The van der Waals surface area contributed by atoms with Crippen molar-refractivity contribution in [3.8, 4) is 11.5 Å². The molecule has 0 saturated carbocycles. The first-order valence-electron chi connectivity index (χ1n) is 6.55. The highest BCUT2D eigenvalue weighted by molar-refractivity contribution is 5.40. The van der Waals surface area contributed by atoms with Crippen LogP contribution in [0.25, 0.3) is 0 Å². The van der Waals surface area contributed by atoms with Crippen molar-refractivity contribution in [3.05, 3.63) is 23.8 Å². The molecule has 0 aliphatic carbocycles. The maximum atomic E-state index is 11.9. The number of nitrogens with one attached hydrogen (secondary N) is 1. The molecule has 0 unspecified atom stereocenters. The van der Waals surface area contributed by atoms with Crippen LogP contribution in [0.3, 0.4) is 0 Å². The number of methoxy groups -OCH3 is 1. The maximum absolute atomic E-state index is 11.9. The van der Waals surface area contributed by atoms with Gasteiger partial charge in [0.25, 0.3) is 0 Å². The highest BCUT2D eigenvalue weighted by atomic mass is 19.4. The third kappa shape index (κ3) is 7.19. The number of halogens is 3. The predicted octanol–water partition coefficient (Wildman–Crippen LogP) is 3.11. The van der Waals surface area contributed by atoms with Crippen molar-refractivity contribution in [1.82, 2.24) is 5.32 Å². The Labute approximate surface area is 122 Å². The smallest absolute Gasteiger partial charge is 0.497 e. The van der Waals surface area contributed by atoms with Crippen molar-refractivity contribution in [2.45, 2.75) is 32.8 Å². The highest BCUT2D eigenvalue weighted by Gasteiger charge is 2.28. The third-order valence-corrected chi connectivity index (χ3v) is 2.58. The molecule has 7 heteroatoms. The van der Waals surface area contributed by atoms with Gasteiger partial charge >= 0.3 is 6.36 Å². The van der Waals surface area contributed by atoms with Gasteiger partial charge in [-0.25, -0.2) is 0 Å². The van der Waals surface area contributed by atoms with Gasteiger partial charge in [0, 0.05) is 24.2 Å². The maximum Gasteiger partial charge on any atom is 0.522 e. The summed E-state index contributed by atoms with van der Waals surface area (Å²) in [6.45, 7) is 3.80. The Morgan fingerprint density at radius 2 is 1.90 bits per heavy atom. The van der Waals surface area contributed by atoms with Crippen molar-refractivity contribution in [2.75, 3.05) is 20.3 Å². The lowest BCUT2D eigenvalue weighted by Gasteiger charge is -2.15. The Morgan fingerprint density at radius 1 is 1.19 bits per heavy atom. The molecule has 0 aromatic heterocycles. The van der Waals surface area contributed by atoms with E-state index in [2.05, 4.69) is 10.1 Å². The quantitative estimate of drug-likeness (QED) is 0.749. The van der Waals surface area contributed by atoms with Crippen LogP contribution in [0.15, 0.2) is 18.2 Å². The van der Waals surface area contributed by atoms with E-state index in [1.165, 1.54) is 7.11 Å². The van der Waals surface area contributed by atoms with Gasteiger partial charge in [-0.15, -0.1) is 13.2 Å². The van der Waals surface area contributed by atoms with Gasteiger partial charge in [-0.1, -0.05) is 19.9 Å². The molecule has 0 spiro atoms. The summed E-state index contributed by atoms with van der Waals surface area (Å²) in [5.74, 6) is 1.06. The minimum Gasteiger partial charge on any atom is -0.497 e. The van der Waals surface area contributed by atoms with Gasteiger partial charge < -0.3 is 14.8 Å². The minimum atomic E-state index is -4.64. The molecule has 0 amide bonds. The molecule has 0 heterocycles. The van der Waals surface area contributed by atoms with E-state index in [0.717, 1.165) is 5.56 Å². The molecule has 1 N–H and O–H groups in total. The van der Waals surface area contributed by atoms with Gasteiger partial charge in [-0.2, -0.15) is 0 Å². The van der Waals surface area contributed by atoms with Crippen LogP contribution in [0, 0.1) is 0 Å². The Morgan fingerprint density at radius 3 is 2.48 bits per heavy atom. The van der Waals surface area contributed by atoms with E-state index in [4.69, 9.17) is 9.47 Å². The van der Waals surface area contributed by atoms with Crippen molar-refractivity contribution >= 4 is 0 Å². The molecule has 1 rings (SSSR count). The molecule has 4 nitrogen and oxygen atoms in total. The second kappa shape index (κ2) is 8.09. The number of hydrogen-bond donors (Lipinski definition) is 1. The van der Waals surface area contributed by atoms with Crippen molar-refractivity contribution < 1.29 is 27.4 Å². The standard InChI is InChI=1S/C14H20F3NO3/c1-10(2)18-9-11-4-5-12(19-3)8-13(11)20-6-7-21-14(15,16)17/h4-5,8,10,18H,6-7,9H2,1-3H3. The molecule has 0 radical (unpaired) electrons. The van der Waals surface area contributed by atoms with E-state index < -0.39 is 13.0 Å². The SMILES string of the molecule is COc1ccc(CNC(C)C)c(OCCOC(F)(F)F)c1. The van der Waals surface area contributed by atoms with Crippen molar-refractivity contribution in [2.24, 2.45) is 0 Å². The van der Waals surface area contributed by atoms with E-state index in [9.17, 15) is 13.2 Å². The normalized spacial score (nSPS) is 11.8. The summed E-state index contributed by atoms with van der Waals surface area (Å²) in [7, 11) is 1.51. The number of ether oxygens (including phenoxy) is 3. The van der Waals surface area contributed by atoms with Gasteiger partial charge in [-0.3, -0.25) is 4.74 Å². The lowest BCUT2D eigenvalue weighted by molar-refractivity contribution is -0.325. The van der Waals surface area contributed by atoms with E-state index in [-0.39, 0.29) is 12.6 Å². The van der Waals surface area contributed by atoms with Crippen molar-refractivity contribution in [3.63, 3.8) is 0 Å². The topological polar surface area (TPSA) is 39.7 Å². The Kier molecular flexibility index (Phi) is 6.77. The zero-order valence-electron chi connectivity index (χ0n) is 12.3. The van der Waals surface area contributed by atoms with E-state index in [0.29, 0.717) is 18.0 Å². The summed E-state index contributed by atoms with van der Waals surface area (Å²) in [6, 6.07) is 5.52. The summed E-state index contributed by atoms with van der Waals surface area (Å²) in [5, 5.41) is 3.22. The van der Waals surface area contributed by atoms with Crippen LogP contribution in [-0.4, -0.2) is 32.7 Å². The van der Waals surface area contributed by atoms with Crippen molar-refractivity contribution in [1.29, 1.82) is 0 Å². The minimum absolute atomic E-state index is 0.193. The van der Waals surface area contributed by atoms with Gasteiger partial charge in [0.15, 0.2) is 0 Å². The second-order valence-electron chi connectivity index (χ2n) is 4.65. The first kappa shape index (κ1) is 17.6. The third-order valence-electron chi connectivity index (χ3n) is 2.58. The molecule has 0 bridgehead atoms. The zero-order valence-corrected chi connectivity index (χ0v) is 12.3. The van der Waals surface area contributed by atoms with Gasteiger partial charge in [0.1, 0.15) is 18.1 Å². The fourth-order valence-corrected chi connectivity index (χ4v) is 1.57. The average molecular weight is 307 g/mol. The highest BCUT2D eigenvalue weighted by Crippen LogP contribution is 2.25. The molecular weight excluding hydrogens is 287 g/mol. The molecule has 21 heavy (non-hydrogen) atoms. The summed E-state index contributed by atoms with van der Waals surface area (Å²) in [5.41, 5.74) is 0.844. The number of alkyl halides is 3. The summed E-state index contributed by atoms with van der Waals surface area (Å²) in [6.07, 6.45) is -4.64. The number of hydrogen-bond acceptors (Lipinski definition) is 4. The molecule has 0 atom stereocenters. The van der Waals surface area contributed by atoms with Gasteiger partial charge in [0.2, 0.25) is 0 Å². The fourth-order valence-electron chi connectivity index (χ4n) is 1.57. The monoisotopic (exact) mass is 307 g/mol. The first-order chi connectivity index (χ1) is 9.81. The Hall–Kier alpha value is -1.47. The van der Waals surface area contributed by atoms with Crippen LogP contribution in [-0.2, 0) is 11.3 Å². The van der Waals surface area contributed by atoms with Crippen LogP contribution in [0.4, 0.5) is 13.2 Å². The van der Waals surface area contributed by atoms with Gasteiger partial charge in [-0.05, 0) is 6.07 Å². The molecule has 0 saturated heterocycles. The molecular formula is C14H20F3NO3. The fraction of sp³-hybridized carbons (Fsp3) is 0.571. The number of rotatable bonds is 8. The Bertz CT molecular complexity index is 436. The molecule has 0 fully saturated rings. The molecule has 0 aliphatic heterocycles. The molecule has 0 aliphatic rings.